The van der Waals surface area contributed by atoms with Crippen LogP contribution < -0.4 is 10.5 Å². The van der Waals surface area contributed by atoms with Gasteiger partial charge in [0.15, 0.2) is 0 Å². The van der Waals surface area contributed by atoms with Crippen molar-refractivity contribution in [3.8, 4) is 0 Å². The molecule has 1 aromatic carbocycles. The van der Waals surface area contributed by atoms with Crippen molar-refractivity contribution < 1.29 is 19.2 Å². The van der Waals surface area contributed by atoms with Crippen molar-refractivity contribution in [3.05, 3.63) is 35.9 Å². The van der Waals surface area contributed by atoms with Crippen LogP contribution in [-0.2, 0) is 4.79 Å². The zero-order valence-corrected chi connectivity index (χ0v) is 13.9. The summed E-state index contributed by atoms with van der Waals surface area (Å²) < 4.78 is 0. The first-order valence-electron chi connectivity index (χ1n) is 7.51. The van der Waals surface area contributed by atoms with E-state index in [0.717, 1.165) is 19.3 Å². The standard InChI is InChI=1S/C16H23NO4Si/c1-11-3-5-13(6-4-11)12(2)16(18)17-14-7-9-15(10-8-14)22(19,20)21/h3,7-10,12-13,19-21H,4-6H2,1-2H3,(H,17,18). The summed E-state index contributed by atoms with van der Waals surface area (Å²) in [7, 11) is -4.27. The molecule has 0 radical (unpaired) electrons. The van der Waals surface area contributed by atoms with E-state index in [1.807, 2.05) is 6.92 Å². The second-order valence-corrected chi connectivity index (χ2v) is 7.92. The van der Waals surface area contributed by atoms with Crippen molar-refractivity contribution >= 4 is 25.6 Å². The smallest absolute Gasteiger partial charge is 0.386 e. The van der Waals surface area contributed by atoms with Crippen molar-refractivity contribution in [1.29, 1.82) is 0 Å². The number of rotatable bonds is 4. The maximum atomic E-state index is 12.3. The van der Waals surface area contributed by atoms with Gasteiger partial charge in [0.05, 0.1) is 0 Å². The molecule has 0 bridgehead atoms. The Hall–Kier alpha value is -1.47. The van der Waals surface area contributed by atoms with Crippen LogP contribution in [0.1, 0.15) is 33.1 Å². The molecule has 1 amide bonds. The first-order valence-corrected chi connectivity index (χ1v) is 9.35. The summed E-state index contributed by atoms with van der Waals surface area (Å²) in [6.45, 7) is 4.06. The molecule has 0 heterocycles. The minimum absolute atomic E-state index is 0.0359. The third kappa shape index (κ3) is 4.27. The molecule has 120 valence electrons. The van der Waals surface area contributed by atoms with Gasteiger partial charge in [0.25, 0.3) is 0 Å². The van der Waals surface area contributed by atoms with E-state index in [4.69, 9.17) is 0 Å². The molecule has 1 aromatic rings. The van der Waals surface area contributed by atoms with Crippen molar-refractivity contribution in [3.63, 3.8) is 0 Å². The average molecular weight is 321 g/mol. The molecule has 6 heteroatoms. The maximum absolute atomic E-state index is 12.3. The van der Waals surface area contributed by atoms with Crippen LogP contribution in [0.3, 0.4) is 0 Å². The molecule has 0 saturated carbocycles. The van der Waals surface area contributed by atoms with Gasteiger partial charge in [-0.2, -0.15) is 0 Å². The molecule has 0 saturated heterocycles. The highest BCUT2D eigenvalue weighted by molar-refractivity contribution is 6.71. The van der Waals surface area contributed by atoms with Crippen molar-refractivity contribution in [2.75, 3.05) is 5.32 Å². The molecule has 0 aromatic heterocycles. The highest BCUT2D eigenvalue weighted by Crippen LogP contribution is 2.29. The number of amides is 1. The first-order chi connectivity index (χ1) is 10.3. The number of benzene rings is 1. The molecule has 4 N–H and O–H groups in total. The number of carbonyl (C=O) groups excluding carboxylic acids is 1. The maximum Gasteiger partial charge on any atom is 0.528 e. The Morgan fingerprint density at radius 2 is 1.91 bits per heavy atom. The summed E-state index contributed by atoms with van der Waals surface area (Å²) in [6.07, 6.45) is 5.23. The fraction of sp³-hybridized carbons (Fsp3) is 0.438. The average Bonchev–Trinajstić information content (AvgIpc) is 2.47. The SMILES string of the molecule is CC1=CCC(C(C)C(=O)Nc2ccc([Si](O)(O)O)cc2)CC1. The van der Waals surface area contributed by atoms with Crippen LogP contribution in [0.25, 0.3) is 0 Å². The lowest BCUT2D eigenvalue weighted by molar-refractivity contribution is -0.121. The van der Waals surface area contributed by atoms with Crippen LogP contribution in [0.15, 0.2) is 35.9 Å². The van der Waals surface area contributed by atoms with Gasteiger partial charge in [-0.05, 0) is 44.2 Å². The summed E-state index contributed by atoms with van der Waals surface area (Å²) in [4.78, 5) is 39.9. The van der Waals surface area contributed by atoms with Crippen LogP contribution >= 0.6 is 0 Å². The van der Waals surface area contributed by atoms with Gasteiger partial charge in [-0.1, -0.05) is 30.7 Å². The second-order valence-electron chi connectivity index (χ2n) is 6.08. The molecule has 22 heavy (non-hydrogen) atoms. The quantitative estimate of drug-likeness (QED) is 0.494. The summed E-state index contributed by atoms with van der Waals surface area (Å²) in [6, 6.07) is 5.96. The topological polar surface area (TPSA) is 89.8 Å². The molecule has 0 spiro atoms. The second kappa shape index (κ2) is 6.74. The number of anilines is 1. The van der Waals surface area contributed by atoms with E-state index in [1.165, 1.54) is 17.7 Å². The van der Waals surface area contributed by atoms with Crippen LogP contribution in [-0.4, -0.2) is 29.1 Å². The summed E-state index contributed by atoms with van der Waals surface area (Å²) in [5, 5.41) is 2.93. The van der Waals surface area contributed by atoms with Gasteiger partial charge in [0.1, 0.15) is 0 Å². The van der Waals surface area contributed by atoms with Gasteiger partial charge in [0.2, 0.25) is 5.91 Å². The normalized spacial score (nSPS) is 20.2. The van der Waals surface area contributed by atoms with Crippen molar-refractivity contribution in [2.45, 2.75) is 33.1 Å². The molecule has 1 aliphatic carbocycles. The van der Waals surface area contributed by atoms with Crippen LogP contribution in [0.4, 0.5) is 5.69 Å². The van der Waals surface area contributed by atoms with Gasteiger partial charge in [0, 0.05) is 16.8 Å². The largest absolute Gasteiger partial charge is 0.528 e. The van der Waals surface area contributed by atoms with Gasteiger partial charge in [-0.15, -0.1) is 0 Å². The molecule has 0 fully saturated rings. The third-order valence-electron chi connectivity index (χ3n) is 4.34. The summed E-state index contributed by atoms with van der Waals surface area (Å²) in [5.74, 6) is 0.243. The van der Waals surface area contributed by atoms with E-state index in [2.05, 4.69) is 18.3 Å². The van der Waals surface area contributed by atoms with Crippen LogP contribution in [0.5, 0.6) is 0 Å². The highest BCUT2D eigenvalue weighted by Gasteiger charge is 2.30. The number of hydrogen-bond donors (Lipinski definition) is 4. The van der Waals surface area contributed by atoms with Crippen molar-refractivity contribution in [2.24, 2.45) is 11.8 Å². The Bertz CT molecular complexity index is 563. The molecule has 2 atom stereocenters. The lowest BCUT2D eigenvalue weighted by Crippen LogP contribution is -2.48. The Morgan fingerprint density at radius 1 is 1.27 bits per heavy atom. The van der Waals surface area contributed by atoms with Crippen LogP contribution in [0, 0.1) is 11.8 Å². The van der Waals surface area contributed by atoms with Gasteiger partial charge in [-0.25, -0.2) is 0 Å². The Kier molecular flexibility index (Phi) is 5.18. The number of nitrogens with one attached hydrogen (secondary N) is 1. The molecule has 0 aliphatic heterocycles. The lowest BCUT2D eigenvalue weighted by atomic mass is 9.81. The van der Waals surface area contributed by atoms with E-state index < -0.39 is 8.80 Å². The zero-order chi connectivity index (χ0) is 16.3. The van der Waals surface area contributed by atoms with E-state index in [9.17, 15) is 19.2 Å². The van der Waals surface area contributed by atoms with E-state index in [-0.39, 0.29) is 17.0 Å². The number of hydrogen-bond acceptors (Lipinski definition) is 4. The fourth-order valence-corrected chi connectivity index (χ4v) is 3.30. The van der Waals surface area contributed by atoms with Crippen molar-refractivity contribution in [1.82, 2.24) is 0 Å². The molecular formula is C16H23NO4Si. The third-order valence-corrected chi connectivity index (χ3v) is 5.45. The van der Waals surface area contributed by atoms with Gasteiger partial charge >= 0.3 is 8.80 Å². The fourth-order valence-electron chi connectivity index (χ4n) is 2.69. The van der Waals surface area contributed by atoms with E-state index in [1.54, 1.807) is 12.1 Å². The first kappa shape index (κ1) is 16.9. The predicted molar refractivity (Wildman–Crippen MR) is 87.4 cm³/mol. The molecule has 2 rings (SSSR count). The van der Waals surface area contributed by atoms with E-state index in [0.29, 0.717) is 11.6 Å². The summed E-state index contributed by atoms with van der Waals surface area (Å²) in [5.41, 5.74) is 1.98. The van der Waals surface area contributed by atoms with Gasteiger partial charge in [-0.3, -0.25) is 4.79 Å². The Labute approximate surface area is 131 Å². The highest BCUT2D eigenvalue weighted by atomic mass is 28.4. The summed E-state index contributed by atoms with van der Waals surface area (Å²) >= 11 is 0. The Balaban J connectivity index is 1.97. The minimum atomic E-state index is -4.27. The molecule has 2 unspecified atom stereocenters. The molecular weight excluding hydrogens is 298 g/mol. The minimum Gasteiger partial charge on any atom is -0.386 e. The number of carbonyl (C=O) groups is 1. The molecule has 1 aliphatic rings. The van der Waals surface area contributed by atoms with Gasteiger partial charge < -0.3 is 19.7 Å². The molecule has 5 nitrogen and oxygen atoms in total. The van der Waals surface area contributed by atoms with Crippen LogP contribution in [0.2, 0.25) is 0 Å². The predicted octanol–water partition coefficient (Wildman–Crippen LogP) is 1.13. The number of allylic oxidation sites excluding steroid dienone is 2. The Morgan fingerprint density at radius 3 is 2.41 bits per heavy atom. The van der Waals surface area contributed by atoms with E-state index >= 15 is 0 Å². The lowest BCUT2D eigenvalue weighted by Gasteiger charge is -2.25. The monoisotopic (exact) mass is 321 g/mol. The zero-order valence-electron chi connectivity index (χ0n) is 12.9.